The van der Waals surface area contributed by atoms with E-state index in [4.69, 9.17) is 9.47 Å². The number of anilines is 10. The summed E-state index contributed by atoms with van der Waals surface area (Å²) in [7, 11) is 0. The third kappa shape index (κ3) is 7.23. The number of para-hydroxylation sites is 4. The van der Waals surface area contributed by atoms with Crippen LogP contribution in [0, 0.1) is 53.3 Å². The van der Waals surface area contributed by atoms with Crippen molar-refractivity contribution >= 4 is 138 Å². The van der Waals surface area contributed by atoms with Gasteiger partial charge in [-0.2, -0.15) is 0 Å². The number of benzene rings is 9. The number of rotatable bonds is 6. The van der Waals surface area contributed by atoms with Crippen molar-refractivity contribution in [3.05, 3.63) is 187 Å². The molecule has 12 aliphatic carbocycles. The topological polar surface area (TPSA) is 40.2 Å². The van der Waals surface area contributed by atoms with E-state index in [-0.39, 0.29) is 36.4 Å². The van der Waals surface area contributed by atoms with E-state index >= 15 is 0 Å². The summed E-state index contributed by atoms with van der Waals surface area (Å²) in [6.07, 6.45) is 27.0. The Morgan fingerprint density at radius 2 is 0.737 bits per heavy atom. The molecule has 10 heteroatoms. The lowest BCUT2D eigenvalue weighted by Crippen LogP contribution is -2.65. The van der Waals surface area contributed by atoms with Gasteiger partial charge in [0.2, 0.25) is 0 Å². The van der Waals surface area contributed by atoms with E-state index in [2.05, 4.69) is 196 Å². The summed E-state index contributed by atoms with van der Waals surface area (Å²) in [6.45, 7) is -0.125. The summed E-state index contributed by atoms with van der Waals surface area (Å²) in [5.41, 5.74) is 29.8. The first-order valence-corrected chi connectivity index (χ1v) is 38.2. The van der Waals surface area contributed by atoms with Gasteiger partial charge in [-0.3, -0.25) is 4.31 Å². The maximum atomic E-state index is 7.81. The van der Waals surface area contributed by atoms with Gasteiger partial charge in [-0.05, 0) is 330 Å². The van der Waals surface area contributed by atoms with E-state index in [0.29, 0.717) is 0 Å². The first-order valence-electron chi connectivity index (χ1n) is 37.0. The van der Waals surface area contributed by atoms with Gasteiger partial charge < -0.3 is 24.6 Å². The molecule has 12 saturated carbocycles. The Balaban J connectivity index is 0.725. The maximum absolute atomic E-state index is 7.81. The number of hydrogen-bond acceptors (Lipinski definition) is 7. The average molecular weight is 1250 g/mol. The zero-order chi connectivity index (χ0) is 61.5. The van der Waals surface area contributed by atoms with E-state index in [9.17, 15) is 0 Å². The van der Waals surface area contributed by atoms with E-state index in [1.165, 1.54) is 227 Å². The highest BCUT2D eigenvalue weighted by Gasteiger charge is 2.58. The Labute approximate surface area is 564 Å². The fourth-order valence-corrected chi connectivity index (χ4v) is 27.2. The second kappa shape index (κ2) is 18.7. The van der Waals surface area contributed by atoms with Gasteiger partial charge in [-0.25, -0.2) is 0 Å². The van der Waals surface area contributed by atoms with E-state index in [1.807, 2.05) is 11.9 Å². The van der Waals surface area contributed by atoms with Crippen LogP contribution in [0.15, 0.2) is 170 Å². The van der Waals surface area contributed by atoms with Crippen molar-refractivity contribution in [3.8, 4) is 23.0 Å². The summed E-state index contributed by atoms with van der Waals surface area (Å²) in [5.74, 6) is 11.5. The lowest BCUT2D eigenvalue weighted by atomic mass is 9.29. The molecule has 27 rings (SSSR count). The second-order valence-electron chi connectivity index (χ2n) is 33.9. The van der Waals surface area contributed by atoms with Gasteiger partial charge in [0.15, 0.2) is 0 Å². The molecule has 0 radical (unpaired) electrons. The molecule has 1 N–H and O–H groups in total. The van der Waals surface area contributed by atoms with Gasteiger partial charge in [0, 0.05) is 69.4 Å². The van der Waals surface area contributed by atoms with Crippen molar-refractivity contribution < 1.29 is 9.47 Å². The first kappa shape index (κ1) is 53.5. The molecule has 9 aromatic rings. The van der Waals surface area contributed by atoms with E-state index < -0.39 is 0 Å². The highest BCUT2D eigenvalue weighted by Crippen LogP contribution is 2.65. The molecule has 6 nitrogen and oxygen atoms in total. The van der Waals surface area contributed by atoms with Gasteiger partial charge in [-0.15, -0.1) is 0 Å². The van der Waals surface area contributed by atoms with Gasteiger partial charge in [0.1, 0.15) is 23.0 Å². The van der Waals surface area contributed by atoms with Crippen LogP contribution in [0.2, 0.25) is 0 Å². The summed E-state index contributed by atoms with van der Waals surface area (Å²) in [6, 6.07) is 67.6. The smallest absolute Gasteiger partial charge is 0.260 e. The molecule has 9 aromatic carbocycles. The maximum Gasteiger partial charge on any atom is 0.260 e. The van der Waals surface area contributed by atoms with Crippen LogP contribution in [0.4, 0.5) is 56.9 Å². The van der Waals surface area contributed by atoms with Crippen molar-refractivity contribution in [1.29, 1.82) is 0 Å². The molecule has 0 spiro atoms. The van der Waals surface area contributed by atoms with Gasteiger partial charge in [0.25, 0.3) is 20.1 Å². The van der Waals surface area contributed by atoms with Crippen LogP contribution < -0.4 is 78.1 Å². The molecule has 0 aromatic heterocycles. The minimum Gasteiger partial charge on any atom is -0.458 e. The van der Waals surface area contributed by atoms with Crippen LogP contribution in [0.3, 0.4) is 0 Å². The molecule has 12 fully saturated rings. The molecule has 0 saturated heterocycles. The lowest BCUT2D eigenvalue weighted by molar-refractivity contribution is -0.00538. The molecule has 0 unspecified atom stereocenters. The van der Waals surface area contributed by atoms with Crippen molar-refractivity contribution in [3.63, 3.8) is 0 Å². The molecular formula is C85H77B3N4O2S. The Kier molecular flexibility index (Phi) is 10.5. The largest absolute Gasteiger partial charge is 0.458 e. The minimum atomic E-state index is -0.130. The monoisotopic (exact) mass is 1250 g/mol. The third-order valence-electron chi connectivity index (χ3n) is 28.6. The van der Waals surface area contributed by atoms with Crippen LogP contribution in [-0.2, 0) is 16.2 Å². The molecule has 464 valence electrons. The molecule has 0 amide bonds. The predicted octanol–water partition coefficient (Wildman–Crippen LogP) is 15.2. The summed E-state index contributed by atoms with van der Waals surface area (Å²) >= 11 is 1.88. The Bertz CT molecular complexity index is 4790. The number of ether oxygens (including phenoxy) is 2. The quantitative estimate of drug-likeness (QED) is 0.131. The number of nitrogens with zero attached hydrogens (tertiary/aromatic N) is 3. The molecule has 12 bridgehead atoms. The summed E-state index contributed by atoms with van der Waals surface area (Å²) in [5, 5.41) is 4.32. The Morgan fingerprint density at radius 3 is 1.23 bits per heavy atom. The van der Waals surface area contributed by atoms with Gasteiger partial charge in [-0.1, -0.05) is 84.9 Å². The second-order valence-corrected chi connectivity index (χ2v) is 34.6. The SMILES string of the molecule is CSN1c2cc3c(cc2B2c4ccccc4N(c4ccccc4)c4cc(C56CC7CC(CC(C7)C5)C6)cc1c42)B1c2cc4c(cc2Oc2cc(C56CC7CC(CC(C7)C5)C6)cc(c21)O3)Nc1cc(C23CC5CC(CC(C5)C2)C3)cc2c1B4c1ccccc1N2c1ccccc1. The molecular weight excluding hydrogens is 1170 g/mol. The van der Waals surface area contributed by atoms with Gasteiger partial charge in [0.05, 0.1) is 11.4 Å². The van der Waals surface area contributed by atoms with Crippen LogP contribution >= 0.6 is 11.9 Å². The zero-order valence-corrected chi connectivity index (χ0v) is 55.2. The summed E-state index contributed by atoms with van der Waals surface area (Å²) in [4.78, 5) is 5.27. The molecule has 18 aliphatic rings. The molecule has 95 heavy (non-hydrogen) atoms. The van der Waals surface area contributed by atoms with E-state index in [1.54, 1.807) is 11.1 Å². The number of fused-ring (bicyclic) bond motifs is 12. The van der Waals surface area contributed by atoms with E-state index in [0.717, 1.165) is 76.3 Å². The highest BCUT2D eigenvalue weighted by molar-refractivity contribution is 8.00. The third-order valence-corrected chi connectivity index (χ3v) is 29.4. The predicted molar refractivity (Wildman–Crippen MR) is 394 cm³/mol. The van der Waals surface area contributed by atoms with Crippen molar-refractivity contribution in [2.75, 3.05) is 25.7 Å². The first-order chi connectivity index (χ1) is 46.7. The fraction of sp³-hybridized carbons (Fsp3) is 0.365. The Morgan fingerprint density at radius 1 is 0.337 bits per heavy atom. The van der Waals surface area contributed by atoms with Crippen molar-refractivity contribution in [2.24, 2.45) is 53.3 Å². The number of hydrogen-bond donors (Lipinski definition) is 1. The van der Waals surface area contributed by atoms with Crippen LogP contribution in [-0.4, -0.2) is 26.4 Å². The number of nitrogens with one attached hydrogen (secondary N) is 1. The molecule has 6 aliphatic heterocycles. The average Bonchev–Trinajstić information content (AvgIpc) is 0.693. The summed E-state index contributed by atoms with van der Waals surface area (Å²) < 4.78 is 18.2. The van der Waals surface area contributed by atoms with Crippen LogP contribution in [0.5, 0.6) is 23.0 Å². The normalized spacial score (nSPS) is 31.1. The molecule has 0 atom stereocenters. The standard InChI is InChI=1S/C85H77B3N4O2S/c1-95-92-72-38-77-67(36-65(72)87-63-17-9-11-19-71(63)91(61-14-6-3-7-15-61)74-31-58(32-75(92)81(74)87)84-42-51-23-52(43-84)25-53(24-51)44-84)88-66-35-64-68(37-76(66)93-78-33-59(34-79(94-77)82(78)88)85-45-54-26-55(46-85)28-56(27-54)47-85)89-69-29-57(83-39-48-20-49(40-83)22-50(21-48)41-83)30-73-80(69)86(64)62-16-8-10-18-70(62)90(73)60-12-4-2-5-13-60/h2-19,29-38,48-56,89H,20-28,39-47H2,1H3. The fourth-order valence-electron chi connectivity index (χ4n) is 26.5. The van der Waals surface area contributed by atoms with Crippen molar-refractivity contribution in [2.45, 2.75) is 132 Å². The van der Waals surface area contributed by atoms with Crippen LogP contribution in [0.25, 0.3) is 0 Å². The van der Waals surface area contributed by atoms with Gasteiger partial charge >= 0.3 is 0 Å². The van der Waals surface area contributed by atoms with Crippen molar-refractivity contribution in [1.82, 2.24) is 0 Å². The zero-order valence-electron chi connectivity index (χ0n) is 54.4. The highest BCUT2D eigenvalue weighted by atomic mass is 32.2. The van der Waals surface area contributed by atoms with Crippen LogP contribution in [0.1, 0.15) is 132 Å². The lowest BCUT2D eigenvalue weighted by Gasteiger charge is -2.57. The Hall–Kier alpha value is -7.68. The molecule has 6 heterocycles. The minimum absolute atomic E-state index is 0.00110.